The molecule has 3 atom stereocenters. The van der Waals surface area contributed by atoms with Gasteiger partial charge < -0.3 is 5.32 Å². The third-order valence-electron chi connectivity index (χ3n) is 4.02. The summed E-state index contributed by atoms with van der Waals surface area (Å²) >= 11 is 0. The van der Waals surface area contributed by atoms with Crippen molar-refractivity contribution in [1.82, 2.24) is 10.2 Å². The Labute approximate surface area is 88.1 Å². The fraction of sp³-hybridized carbons (Fsp3) is 1.00. The zero-order valence-corrected chi connectivity index (χ0v) is 10.0. The normalized spacial score (nSPS) is 43.3. The minimum Gasteiger partial charge on any atom is -0.313 e. The van der Waals surface area contributed by atoms with Crippen LogP contribution in [0.3, 0.4) is 0 Å². The quantitative estimate of drug-likeness (QED) is 0.688. The Kier molecular flexibility index (Phi) is 2.61. The molecule has 0 aromatic rings. The van der Waals surface area contributed by atoms with Crippen molar-refractivity contribution >= 4 is 0 Å². The Morgan fingerprint density at radius 1 is 1.29 bits per heavy atom. The second kappa shape index (κ2) is 3.49. The molecule has 2 rings (SSSR count). The zero-order chi connectivity index (χ0) is 10.3. The van der Waals surface area contributed by atoms with Crippen molar-refractivity contribution in [3.63, 3.8) is 0 Å². The summed E-state index contributed by atoms with van der Waals surface area (Å²) in [6, 6.07) is 1.45. The van der Waals surface area contributed by atoms with Crippen molar-refractivity contribution in [3.8, 4) is 0 Å². The molecule has 0 saturated carbocycles. The van der Waals surface area contributed by atoms with Gasteiger partial charge in [0.05, 0.1) is 0 Å². The lowest BCUT2D eigenvalue weighted by Gasteiger charge is -2.38. The summed E-state index contributed by atoms with van der Waals surface area (Å²) in [6.07, 6.45) is 2.69. The van der Waals surface area contributed by atoms with Crippen LogP contribution in [0.15, 0.2) is 0 Å². The van der Waals surface area contributed by atoms with E-state index in [0.717, 1.165) is 12.0 Å². The summed E-state index contributed by atoms with van der Waals surface area (Å²) in [6.45, 7) is 12.0. The standard InChI is InChI=1S/C12H24N2/c1-9-7-12(3,4)14(8-9)11-5-6-13-10(11)2/h9-11,13H,5-8H2,1-4H3. The number of hydrogen-bond acceptors (Lipinski definition) is 2. The van der Waals surface area contributed by atoms with E-state index in [9.17, 15) is 0 Å². The van der Waals surface area contributed by atoms with E-state index in [4.69, 9.17) is 0 Å². The predicted octanol–water partition coefficient (Wildman–Crippen LogP) is 1.86. The SMILES string of the molecule is CC1CN(C2CCNC2C)C(C)(C)C1. The highest BCUT2D eigenvalue weighted by Gasteiger charge is 2.42. The number of likely N-dealkylation sites (tertiary alicyclic amines) is 1. The monoisotopic (exact) mass is 196 g/mol. The van der Waals surface area contributed by atoms with Crippen LogP contribution in [0.25, 0.3) is 0 Å². The molecular formula is C12H24N2. The minimum absolute atomic E-state index is 0.421. The second-order valence-electron chi connectivity index (χ2n) is 5.87. The number of nitrogens with zero attached hydrogens (tertiary/aromatic N) is 1. The van der Waals surface area contributed by atoms with Crippen molar-refractivity contribution < 1.29 is 0 Å². The summed E-state index contributed by atoms with van der Waals surface area (Å²) < 4.78 is 0. The largest absolute Gasteiger partial charge is 0.313 e. The number of nitrogens with one attached hydrogen (secondary N) is 1. The Bertz CT molecular complexity index is 212. The van der Waals surface area contributed by atoms with Crippen LogP contribution in [0.5, 0.6) is 0 Å². The Morgan fingerprint density at radius 3 is 2.43 bits per heavy atom. The summed E-state index contributed by atoms with van der Waals surface area (Å²) in [5.41, 5.74) is 0.421. The van der Waals surface area contributed by atoms with Crippen molar-refractivity contribution in [2.45, 2.75) is 58.2 Å². The van der Waals surface area contributed by atoms with E-state index in [0.29, 0.717) is 11.6 Å². The van der Waals surface area contributed by atoms with E-state index in [1.807, 2.05) is 0 Å². The molecule has 14 heavy (non-hydrogen) atoms. The van der Waals surface area contributed by atoms with Crippen molar-refractivity contribution in [2.75, 3.05) is 13.1 Å². The molecule has 0 aromatic carbocycles. The Hall–Kier alpha value is -0.0800. The summed E-state index contributed by atoms with van der Waals surface area (Å²) in [5.74, 6) is 0.873. The lowest BCUT2D eigenvalue weighted by Crippen LogP contribution is -2.49. The molecule has 82 valence electrons. The highest BCUT2D eigenvalue weighted by Crippen LogP contribution is 2.36. The molecule has 0 aliphatic carbocycles. The average Bonchev–Trinajstić information content (AvgIpc) is 2.55. The van der Waals surface area contributed by atoms with E-state index in [1.54, 1.807) is 0 Å². The predicted molar refractivity (Wildman–Crippen MR) is 60.4 cm³/mol. The molecule has 2 fully saturated rings. The molecule has 2 aliphatic rings. The first-order valence-corrected chi connectivity index (χ1v) is 6.01. The molecule has 2 heterocycles. The van der Waals surface area contributed by atoms with Crippen molar-refractivity contribution in [2.24, 2.45) is 5.92 Å². The van der Waals surface area contributed by atoms with Gasteiger partial charge in [-0.3, -0.25) is 4.90 Å². The van der Waals surface area contributed by atoms with Gasteiger partial charge in [0.15, 0.2) is 0 Å². The van der Waals surface area contributed by atoms with Gasteiger partial charge in [0.1, 0.15) is 0 Å². The maximum atomic E-state index is 3.56. The molecule has 2 heteroatoms. The Balaban J connectivity index is 2.09. The van der Waals surface area contributed by atoms with E-state index in [2.05, 4.69) is 37.9 Å². The smallest absolute Gasteiger partial charge is 0.0264 e. The van der Waals surface area contributed by atoms with Crippen LogP contribution < -0.4 is 5.32 Å². The fourth-order valence-corrected chi connectivity index (χ4v) is 3.47. The molecule has 0 radical (unpaired) electrons. The molecule has 0 spiro atoms. The van der Waals surface area contributed by atoms with Crippen LogP contribution in [0.4, 0.5) is 0 Å². The van der Waals surface area contributed by atoms with Crippen molar-refractivity contribution in [3.05, 3.63) is 0 Å². The third kappa shape index (κ3) is 1.70. The molecule has 0 bridgehead atoms. The van der Waals surface area contributed by atoms with Crippen LogP contribution in [0.1, 0.15) is 40.5 Å². The van der Waals surface area contributed by atoms with Crippen LogP contribution in [-0.2, 0) is 0 Å². The maximum absolute atomic E-state index is 3.56. The first-order chi connectivity index (χ1) is 6.50. The van der Waals surface area contributed by atoms with E-state index in [-0.39, 0.29) is 0 Å². The lowest BCUT2D eigenvalue weighted by molar-refractivity contribution is 0.108. The van der Waals surface area contributed by atoms with Gasteiger partial charge in [0.25, 0.3) is 0 Å². The maximum Gasteiger partial charge on any atom is 0.0264 e. The molecule has 2 nitrogen and oxygen atoms in total. The number of rotatable bonds is 1. The first-order valence-electron chi connectivity index (χ1n) is 6.01. The van der Waals surface area contributed by atoms with Gasteiger partial charge >= 0.3 is 0 Å². The van der Waals surface area contributed by atoms with Crippen LogP contribution in [0.2, 0.25) is 0 Å². The summed E-state index contributed by atoms with van der Waals surface area (Å²) in [4.78, 5) is 2.74. The van der Waals surface area contributed by atoms with Gasteiger partial charge in [-0.1, -0.05) is 6.92 Å². The van der Waals surface area contributed by atoms with Gasteiger partial charge in [-0.05, 0) is 46.1 Å². The lowest BCUT2D eigenvalue weighted by atomic mass is 9.96. The molecular weight excluding hydrogens is 172 g/mol. The highest BCUT2D eigenvalue weighted by atomic mass is 15.3. The molecule has 2 saturated heterocycles. The van der Waals surface area contributed by atoms with E-state index >= 15 is 0 Å². The molecule has 2 aliphatic heterocycles. The van der Waals surface area contributed by atoms with Gasteiger partial charge in [0, 0.05) is 24.2 Å². The summed E-state index contributed by atoms with van der Waals surface area (Å²) in [7, 11) is 0. The summed E-state index contributed by atoms with van der Waals surface area (Å²) in [5, 5.41) is 3.56. The highest BCUT2D eigenvalue weighted by molar-refractivity contribution is 4.99. The second-order valence-corrected chi connectivity index (χ2v) is 5.87. The molecule has 0 aromatic heterocycles. The molecule has 0 amide bonds. The van der Waals surface area contributed by atoms with Crippen molar-refractivity contribution in [1.29, 1.82) is 0 Å². The molecule has 1 N–H and O–H groups in total. The Morgan fingerprint density at radius 2 is 2.00 bits per heavy atom. The molecule has 3 unspecified atom stereocenters. The zero-order valence-electron chi connectivity index (χ0n) is 10.0. The third-order valence-corrected chi connectivity index (χ3v) is 4.02. The van der Waals surface area contributed by atoms with Gasteiger partial charge in [0.2, 0.25) is 0 Å². The minimum atomic E-state index is 0.421. The van der Waals surface area contributed by atoms with E-state index in [1.165, 1.54) is 25.9 Å². The average molecular weight is 196 g/mol. The van der Waals surface area contributed by atoms with Crippen LogP contribution in [0, 0.1) is 5.92 Å². The first kappa shape index (κ1) is 10.4. The fourth-order valence-electron chi connectivity index (χ4n) is 3.47. The topological polar surface area (TPSA) is 15.3 Å². The van der Waals surface area contributed by atoms with E-state index < -0.39 is 0 Å². The van der Waals surface area contributed by atoms with Crippen LogP contribution >= 0.6 is 0 Å². The number of hydrogen-bond donors (Lipinski definition) is 1. The van der Waals surface area contributed by atoms with Gasteiger partial charge in [-0.25, -0.2) is 0 Å². The van der Waals surface area contributed by atoms with Crippen LogP contribution in [-0.4, -0.2) is 35.6 Å². The van der Waals surface area contributed by atoms with Gasteiger partial charge in [-0.2, -0.15) is 0 Å². The van der Waals surface area contributed by atoms with Gasteiger partial charge in [-0.15, -0.1) is 0 Å².